The van der Waals surface area contributed by atoms with E-state index < -0.39 is 0 Å². The molecule has 0 unspecified atom stereocenters. The van der Waals surface area contributed by atoms with Crippen molar-refractivity contribution in [1.82, 2.24) is 0 Å². The van der Waals surface area contributed by atoms with Gasteiger partial charge in [0.1, 0.15) is 11.2 Å². The Hall–Kier alpha value is -5.83. The van der Waals surface area contributed by atoms with E-state index in [2.05, 4.69) is 153 Å². The maximum absolute atomic E-state index is 6.49. The van der Waals surface area contributed by atoms with Gasteiger partial charge in [-0.3, -0.25) is 0 Å². The third kappa shape index (κ3) is 4.79. The van der Waals surface area contributed by atoms with Gasteiger partial charge in [-0.05, 0) is 109 Å². The van der Waals surface area contributed by atoms with Crippen molar-refractivity contribution in [3.63, 3.8) is 0 Å². The highest BCUT2D eigenvalue weighted by atomic mass is 32.1. The maximum Gasteiger partial charge on any atom is 0.136 e. The van der Waals surface area contributed by atoms with Crippen molar-refractivity contribution in [3.8, 4) is 33.4 Å². The molecular weight excluding hydrogens is 625 g/mol. The Balaban J connectivity index is 1.27. The van der Waals surface area contributed by atoms with Crippen molar-refractivity contribution in [3.05, 3.63) is 169 Å². The minimum atomic E-state index is 0.869. The van der Waals surface area contributed by atoms with Gasteiger partial charge in [0.15, 0.2) is 0 Å². The summed E-state index contributed by atoms with van der Waals surface area (Å²) in [7, 11) is 0. The Morgan fingerprint density at radius 1 is 0.560 bits per heavy atom. The largest absolute Gasteiger partial charge is 0.456 e. The normalized spacial score (nSPS) is 12.9. The molecule has 9 rings (SSSR count). The monoisotopic (exact) mass is 658 g/mol. The first-order valence-electron chi connectivity index (χ1n) is 17.1. The quantitative estimate of drug-likeness (QED) is 0.176. The summed E-state index contributed by atoms with van der Waals surface area (Å²) < 4.78 is 6.49. The lowest BCUT2D eigenvalue weighted by Crippen LogP contribution is -2.00. The van der Waals surface area contributed by atoms with Gasteiger partial charge in [0.2, 0.25) is 0 Å². The van der Waals surface area contributed by atoms with E-state index in [1.165, 1.54) is 27.5 Å². The molecule has 0 spiro atoms. The Labute approximate surface area is 297 Å². The van der Waals surface area contributed by atoms with Crippen LogP contribution in [0.15, 0.2) is 162 Å². The second-order valence-corrected chi connectivity index (χ2v) is 13.4. The van der Waals surface area contributed by atoms with Gasteiger partial charge in [-0.25, -0.2) is 0 Å². The molecule has 0 saturated carbocycles. The Bertz CT molecular complexity index is 2740. The van der Waals surface area contributed by atoms with E-state index >= 15 is 0 Å². The summed E-state index contributed by atoms with van der Waals surface area (Å²) in [4.78, 5) is 0.945. The van der Waals surface area contributed by atoms with Gasteiger partial charge < -0.3 is 4.42 Å². The lowest BCUT2D eigenvalue weighted by Gasteiger charge is -2.22. The van der Waals surface area contributed by atoms with Crippen molar-refractivity contribution in [1.29, 1.82) is 0 Å². The fourth-order valence-electron chi connectivity index (χ4n) is 7.97. The molecule has 7 aromatic carbocycles. The molecule has 8 aromatic rings. The van der Waals surface area contributed by atoms with Gasteiger partial charge >= 0.3 is 0 Å². The minimum Gasteiger partial charge on any atom is -0.456 e. The molecule has 0 saturated heterocycles. The van der Waals surface area contributed by atoms with Gasteiger partial charge in [-0.2, -0.15) is 0 Å². The Morgan fingerprint density at radius 3 is 2.02 bits per heavy atom. The highest BCUT2D eigenvalue weighted by Gasteiger charge is 2.21. The zero-order chi connectivity index (χ0) is 33.8. The van der Waals surface area contributed by atoms with Crippen molar-refractivity contribution < 1.29 is 4.42 Å². The molecule has 0 atom stereocenters. The first kappa shape index (κ1) is 30.2. The fraction of sp³-hybridized carbons (Fsp3) is 0.0417. The van der Waals surface area contributed by atoms with Crippen LogP contribution in [0.5, 0.6) is 0 Å². The number of allylic oxidation sites excluding steroid dienone is 4. The zero-order valence-electron chi connectivity index (χ0n) is 27.6. The number of hydrogen-bond acceptors (Lipinski definition) is 2. The molecule has 0 aliphatic heterocycles. The van der Waals surface area contributed by atoms with Crippen molar-refractivity contribution in [2.24, 2.45) is 0 Å². The van der Waals surface area contributed by atoms with E-state index in [1.54, 1.807) is 0 Å². The van der Waals surface area contributed by atoms with Crippen LogP contribution in [0.3, 0.4) is 0 Å². The summed E-state index contributed by atoms with van der Waals surface area (Å²) in [5.41, 5.74) is 13.5. The molecule has 1 nitrogen and oxygen atoms in total. The third-order valence-electron chi connectivity index (χ3n) is 10.2. The molecule has 50 heavy (non-hydrogen) atoms. The lowest BCUT2D eigenvalue weighted by molar-refractivity contribution is 0.669. The fourth-order valence-corrected chi connectivity index (χ4v) is 8.29. The van der Waals surface area contributed by atoms with Crippen LogP contribution in [-0.2, 0) is 0 Å². The van der Waals surface area contributed by atoms with Crippen LogP contribution in [0.1, 0.15) is 29.5 Å². The van der Waals surface area contributed by atoms with Gasteiger partial charge in [-0.1, -0.05) is 135 Å². The summed E-state index contributed by atoms with van der Waals surface area (Å²) in [6, 6.07) is 43.2. The molecule has 1 aromatic heterocycles. The van der Waals surface area contributed by atoms with Crippen LogP contribution in [0.4, 0.5) is 0 Å². The molecule has 0 amide bonds. The van der Waals surface area contributed by atoms with Crippen molar-refractivity contribution in [2.45, 2.75) is 17.7 Å². The lowest BCUT2D eigenvalue weighted by atomic mass is 9.81. The summed E-state index contributed by atoms with van der Waals surface area (Å²) in [6.07, 6.45) is 12.7. The summed E-state index contributed by atoms with van der Waals surface area (Å²) in [6.45, 7) is 8.62. The van der Waals surface area contributed by atoms with E-state index in [4.69, 9.17) is 17.0 Å². The van der Waals surface area contributed by atoms with Crippen molar-refractivity contribution in [2.75, 3.05) is 0 Å². The molecule has 0 bridgehead atoms. The summed E-state index contributed by atoms with van der Waals surface area (Å²) in [5.74, 6) is 0. The Morgan fingerprint density at radius 2 is 1.24 bits per heavy atom. The molecule has 1 heterocycles. The summed E-state index contributed by atoms with van der Waals surface area (Å²) in [5, 5.41) is 6.99. The summed E-state index contributed by atoms with van der Waals surface area (Å²) >= 11 is 4.95. The molecule has 238 valence electrons. The van der Waals surface area contributed by atoms with Crippen LogP contribution in [0.25, 0.3) is 94.6 Å². The topological polar surface area (TPSA) is 13.1 Å². The smallest absolute Gasteiger partial charge is 0.136 e. The van der Waals surface area contributed by atoms with E-state index in [-0.39, 0.29) is 0 Å². The van der Waals surface area contributed by atoms with Crippen molar-refractivity contribution >= 4 is 73.8 Å². The van der Waals surface area contributed by atoms with Gasteiger partial charge in [0.25, 0.3) is 0 Å². The third-order valence-corrected chi connectivity index (χ3v) is 10.6. The first-order chi connectivity index (χ1) is 24.6. The highest BCUT2D eigenvalue weighted by Crippen LogP contribution is 2.45. The Kier molecular flexibility index (Phi) is 7.41. The van der Waals surface area contributed by atoms with Gasteiger partial charge in [-0.15, -0.1) is 12.6 Å². The first-order valence-corrected chi connectivity index (χ1v) is 17.6. The zero-order valence-corrected chi connectivity index (χ0v) is 28.5. The molecular formula is C48H34OS. The average Bonchev–Trinajstić information content (AvgIpc) is 3.56. The SMILES string of the molecule is C=Cc1c(C=C)c(-c2cccc(-c3ccc4oc5ccc6ccc(S)c(-c7ccccc7)c6c5c4c3)c2)c2ccccc2c1C1=CC=CCC1. The molecule has 1 aliphatic carbocycles. The highest BCUT2D eigenvalue weighted by molar-refractivity contribution is 7.80. The van der Waals surface area contributed by atoms with Crippen LogP contribution in [0.2, 0.25) is 0 Å². The number of hydrogen-bond donors (Lipinski definition) is 1. The number of rotatable bonds is 6. The average molecular weight is 659 g/mol. The molecule has 2 heteroatoms. The van der Waals surface area contributed by atoms with Gasteiger partial charge in [0, 0.05) is 26.6 Å². The van der Waals surface area contributed by atoms with E-state index in [0.29, 0.717) is 0 Å². The van der Waals surface area contributed by atoms with E-state index in [0.717, 1.165) is 89.4 Å². The predicted octanol–water partition coefficient (Wildman–Crippen LogP) is 14.2. The number of thiol groups is 1. The number of fused-ring (bicyclic) bond motifs is 6. The van der Waals surface area contributed by atoms with Crippen LogP contribution < -0.4 is 0 Å². The van der Waals surface area contributed by atoms with Gasteiger partial charge in [0.05, 0.1) is 0 Å². The molecule has 0 radical (unpaired) electrons. The maximum atomic E-state index is 6.49. The van der Waals surface area contributed by atoms with Crippen LogP contribution in [-0.4, -0.2) is 0 Å². The second kappa shape index (κ2) is 12.2. The molecule has 0 N–H and O–H groups in total. The van der Waals surface area contributed by atoms with Crippen LogP contribution in [0, 0.1) is 0 Å². The predicted molar refractivity (Wildman–Crippen MR) is 219 cm³/mol. The van der Waals surface area contributed by atoms with E-state index in [1.807, 2.05) is 12.2 Å². The number of furan rings is 1. The minimum absolute atomic E-state index is 0.869. The molecule has 1 aliphatic rings. The van der Waals surface area contributed by atoms with E-state index in [9.17, 15) is 0 Å². The van der Waals surface area contributed by atoms with Crippen LogP contribution >= 0.6 is 12.6 Å². The standard InChI is InChI=1S/C48H34OS/c1-3-36-37(4-2)45(39-21-12-11-20-38(39)44(36)30-14-7-5-8-15-30)35-19-13-18-33(28-35)34-23-25-41-40(29-34)48-42(49-41)26-22-32-24-27-43(50)46(47(32)48)31-16-9-6-10-17-31/h3-7,9-14,16-29,50H,1-2,8,15H2. The number of benzene rings is 7. The molecule has 0 fully saturated rings. The second-order valence-electron chi connectivity index (χ2n) is 12.9.